The molecule has 0 aliphatic carbocycles. The zero-order valence-corrected chi connectivity index (χ0v) is 11.3. The Labute approximate surface area is 115 Å². The number of carboxylic acid groups (broad SMARTS) is 1. The van der Waals surface area contributed by atoms with Gasteiger partial charge in [-0.3, -0.25) is 4.79 Å². The Hall–Kier alpha value is -2.01. The summed E-state index contributed by atoms with van der Waals surface area (Å²) in [5, 5.41) is 21.4. The molecule has 100 valence electrons. The van der Waals surface area contributed by atoms with E-state index >= 15 is 0 Å². The lowest BCUT2D eigenvalue weighted by molar-refractivity contribution is -0.136. The molecule has 2 aromatic rings. The summed E-state index contributed by atoms with van der Waals surface area (Å²) < 4.78 is 0. The first-order chi connectivity index (χ1) is 9.04. The lowest BCUT2D eigenvalue weighted by Gasteiger charge is -2.06. The summed E-state index contributed by atoms with van der Waals surface area (Å²) in [4.78, 5) is 12.5. The van der Waals surface area contributed by atoms with E-state index in [1.807, 2.05) is 31.2 Å². The highest BCUT2D eigenvalue weighted by Crippen LogP contribution is 2.22. The van der Waals surface area contributed by atoms with Crippen LogP contribution in [0.3, 0.4) is 0 Å². The summed E-state index contributed by atoms with van der Waals surface area (Å²) in [6.45, 7) is 2.49. The molecule has 0 saturated carbocycles. The summed E-state index contributed by atoms with van der Waals surface area (Å²) in [5.41, 5.74) is 1.76. The Bertz CT molecular complexity index is 592. The molecule has 0 aliphatic heterocycles. The monoisotopic (exact) mass is 277 g/mol. The molecule has 0 radical (unpaired) electrons. The number of nitrogens with one attached hydrogen (secondary N) is 1. The fourth-order valence-electron chi connectivity index (χ4n) is 1.72. The Morgan fingerprint density at radius 1 is 1.26 bits per heavy atom. The van der Waals surface area contributed by atoms with Crippen LogP contribution in [0.4, 0.5) is 5.69 Å². The van der Waals surface area contributed by atoms with E-state index in [-0.39, 0.29) is 12.2 Å². The Kier molecular flexibility index (Phi) is 4.06. The molecule has 0 bridgehead atoms. The van der Waals surface area contributed by atoms with Crippen LogP contribution in [0.2, 0.25) is 0 Å². The zero-order valence-electron chi connectivity index (χ0n) is 10.5. The Morgan fingerprint density at radius 2 is 2.00 bits per heavy atom. The summed E-state index contributed by atoms with van der Waals surface area (Å²) in [5.74, 6) is -0.527. The van der Waals surface area contributed by atoms with Crippen LogP contribution in [-0.4, -0.2) is 16.2 Å². The minimum atomic E-state index is -0.810. The average molecular weight is 277 g/mol. The summed E-state index contributed by atoms with van der Waals surface area (Å²) in [6.07, 6.45) is 0.0724. The van der Waals surface area contributed by atoms with Crippen molar-refractivity contribution < 1.29 is 15.0 Å². The number of benzene rings is 1. The van der Waals surface area contributed by atoms with Crippen molar-refractivity contribution in [3.63, 3.8) is 0 Å². The molecule has 0 amide bonds. The third kappa shape index (κ3) is 3.72. The standard InChI is InChI=1S/C14H15NO3S/c1-9-6-10(2-5-13(9)16)15-8-12-4-3-11(19-12)7-14(17)18/h2-6,15-16H,7-8H2,1H3,(H,17,18). The molecular formula is C14H15NO3S. The van der Waals surface area contributed by atoms with Crippen molar-refractivity contribution in [1.29, 1.82) is 0 Å². The molecule has 3 N–H and O–H groups in total. The van der Waals surface area contributed by atoms with Gasteiger partial charge >= 0.3 is 5.97 Å². The molecule has 0 saturated heterocycles. The van der Waals surface area contributed by atoms with Crippen molar-refractivity contribution in [3.8, 4) is 5.75 Å². The van der Waals surface area contributed by atoms with Crippen LogP contribution in [0.1, 0.15) is 15.3 Å². The number of aryl methyl sites for hydroxylation is 1. The molecule has 1 heterocycles. The average Bonchev–Trinajstić information content (AvgIpc) is 2.77. The van der Waals surface area contributed by atoms with Gasteiger partial charge in [0.05, 0.1) is 6.42 Å². The van der Waals surface area contributed by atoms with Gasteiger partial charge in [0, 0.05) is 22.0 Å². The van der Waals surface area contributed by atoms with E-state index in [9.17, 15) is 9.90 Å². The summed E-state index contributed by atoms with van der Waals surface area (Å²) in [6, 6.07) is 9.12. The Morgan fingerprint density at radius 3 is 2.68 bits per heavy atom. The van der Waals surface area contributed by atoms with E-state index in [4.69, 9.17) is 5.11 Å². The van der Waals surface area contributed by atoms with Gasteiger partial charge in [-0.2, -0.15) is 0 Å². The SMILES string of the molecule is Cc1cc(NCc2ccc(CC(=O)O)s2)ccc1O. The second kappa shape index (κ2) is 5.75. The molecular weight excluding hydrogens is 262 g/mol. The van der Waals surface area contributed by atoms with Crippen LogP contribution < -0.4 is 5.32 Å². The summed E-state index contributed by atoms with van der Waals surface area (Å²) in [7, 11) is 0. The minimum absolute atomic E-state index is 0.0724. The normalized spacial score (nSPS) is 10.4. The molecule has 19 heavy (non-hydrogen) atoms. The molecule has 4 nitrogen and oxygen atoms in total. The highest BCUT2D eigenvalue weighted by atomic mass is 32.1. The van der Waals surface area contributed by atoms with Gasteiger partial charge in [-0.15, -0.1) is 11.3 Å². The molecule has 0 aliphatic rings. The van der Waals surface area contributed by atoms with Crippen LogP contribution in [0.5, 0.6) is 5.75 Å². The first kappa shape index (κ1) is 13.4. The number of thiophene rings is 1. The van der Waals surface area contributed by atoms with E-state index in [0.717, 1.165) is 21.0 Å². The van der Waals surface area contributed by atoms with Gasteiger partial charge < -0.3 is 15.5 Å². The van der Waals surface area contributed by atoms with Gasteiger partial charge in [-0.05, 0) is 42.8 Å². The number of hydrogen-bond acceptors (Lipinski definition) is 4. The first-order valence-corrected chi connectivity index (χ1v) is 6.69. The van der Waals surface area contributed by atoms with Crippen molar-refractivity contribution >= 4 is 23.0 Å². The largest absolute Gasteiger partial charge is 0.508 e. The molecule has 0 spiro atoms. The van der Waals surface area contributed by atoms with Crippen molar-refractivity contribution in [1.82, 2.24) is 0 Å². The van der Waals surface area contributed by atoms with E-state index in [1.54, 1.807) is 6.07 Å². The van der Waals surface area contributed by atoms with Crippen molar-refractivity contribution in [2.45, 2.75) is 19.9 Å². The maximum atomic E-state index is 10.6. The van der Waals surface area contributed by atoms with Crippen LogP contribution in [0.25, 0.3) is 0 Å². The quantitative estimate of drug-likeness (QED) is 0.735. The highest BCUT2D eigenvalue weighted by molar-refractivity contribution is 7.12. The summed E-state index contributed by atoms with van der Waals surface area (Å²) >= 11 is 1.50. The predicted octanol–water partition coefficient (Wildman–Crippen LogP) is 3.00. The molecule has 5 heteroatoms. The number of phenolic OH excluding ortho intramolecular Hbond substituents is 1. The van der Waals surface area contributed by atoms with Crippen LogP contribution in [-0.2, 0) is 17.8 Å². The molecule has 0 unspecified atom stereocenters. The van der Waals surface area contributed by atoms with Gasteiger partial charge in [0.2, 0.25) is 0 Å². The van der Waals surface area contributed by atoms with E-state index in [0.29, 0.717) is 6.54 Å². The van der Waals surface area contributed by atoms with Gasteiger partial charge in [0.15, 0.2) is 0 Å². The number of rotatable bonds is 5. The number of phenols is 1. The first-order valence-electron chi connectivity index (χ1n) is 5.87. The fraction of sp³-hybridized carbons (Fsp3) is 0.214. The van der Waals surface area contributed by atoms with Gasteiger partial charge in [0.25, 0.3) is 0 Å². The third-order valence-corrected chi connectivity index (χ3v) is 3.79. The van der Waals surface area contributed by atoms with Gasteiger partial charge in [-0.25, -0.2) is 0 Å². The number of carbonyl (C=O) groups is 1. The molecule has 1 aromatic carbocycles. The Balaban J connectivity index is 1.96. The van der Waals surface area contributed by atoms with Crippen LogP contribution >= 0.6 is 11.3 Å². The second-order valence-electron chi connectivity index (χ2n) is 4.29. The second-order valence-corrected chi connectivity index (χ2v) is 5.55. The lowest BCUT2D eigenvalue weighted by Crippen LogP contribution is -1.98. The van der Waals surface area contributed by atoms with Crippen LogP contribution in [0, 0.1) is 6.92 Å². The lowest BCUT2D eigenvalue weighted by atomic mass is 10.2. The number of hydrogen-bond donors (Lipinski definition) is 3. The maximum absolute atomic E-state index is 10.6. The van der Waals surface area contributed by atoms with Gasteiger partial charge in [0.1, 0.15) is 5.75 Å². The number of carboxylic acids is 1. The smallest absolute Gasteiger partial charge is 0.308 e. The molecule has 0 fully saturated rings. The molecule has 1 aromatic heterocycles. The zero-order chi connectivity index (χ0) is 13.8. The predicted molar refractivity (Wildman–Crippen MR) is 75.8 cm³/mol. The molecule has 2 rings (SSSR count). The maximum Gasteiger partial charge on any atom is 0.308 e. The van der Waals surface area contributed by atoms with Gasteiger partial charge in [-0.1, -0.05) is 0 Å². The fourth-order valence-corrected chi connectivity index (χ4v) is 2.66. The van der Waals surface area contributed by atoms with E-state index in [1.165, 1.54) is 11.3 Å². The van der Waals surface area contributed by atoms with E-state index < -0.39 is 5.97 Å². The third-order valence-electron chi connectivity index (χ3n) is 2.71. The minimum Gasteiger partial charge on any atom is -0.508 e. The number of aliphatic carboxylic acids is 1. The number of aromatic hydroxyl groups is 1. The highest BCUT2D eigenvalue weighted by Gasteiger charge is 2.05. The van der Waals surface area contributed by atoms with Crippen molar-refractivity contribution in [2.24, 2.45) is 0 Å². The molecule has 0 atom stereocenters. The number of anilines is 1. The van der Waals surface area contributed by atoms with E-state index in [2.05, 4.69) is 5.32 Å². The topological polar surface area (TPSA) is 69.6 Å². The van der Waals surface area contributed by atoms with Crippen molar-refractivity contribution in [3.05, 3.63) is 45.6 Å². The van der Waals surface area contributed by atoms with Crippen molar-refractivity contribution in [2.75, 3.05) is 5.32 Å². The van der Waals surface area contributed by atoms with Crippen LogP contribution in [0.15, 0.2) is 30.3 Å².